The van der Waals surface area contributed by atoms with E-state index >= 15 is 0 Å². The van der Waals surface area contributed by atoms with Crippen LogP contribution in [0.25, 0.3) is 6.08 Å². The van der Waals surface area contributed by atoms with E-state index in [1.54, 1.807) is 18.2 Å². The highest BCUT2D eigenvalue weighted by molar-refractivity contribution is 5.91. The molecule has 0 aliphatic rings. The number of methoxy groups -OCH3 is 1. The van der Waals surface area contributed by atoms with Crippen LogP contribution in [0.4, 0.5) is 0 Å². The highest BCUT2D eigenvalue weighted by Crippen LogP contribution is 2.29. The molecule has 0 fully saturated rings. The highest BCUT2D eigenvalue weighted by atomic mass is 16.5. The summed E-state index contributed by atoms with van der Waals surface area (Å²) in [4.78, 5) is 10.8. The maximum atomic E-state index is 10.8. The van der Waals surface area contributed by atoms with Crippen LogP contribution in [0.2, 0.25) is 0 Å². The van der Waals surface area contributed by atoms with Crippen LogP contribution >= 0.6 is 0 Å². The number of phenolic OH excluding ortho intramolecular Hbond substituents is 1. The number of aromatic hydroxyl groups is 1. The summed E-state index contributed by atoms with van der Waals surface area (Å²) in [5.74, 6) is 4.78. The van der Waals surface area contributed by atoms with Gasteiger partial charge in [-0.2, -0.15) is 0 Å². The molecule has 0 saturated heterocycles. The minimum Gasteiger partial charge on any atom is -0.504 e. The Morgan fingerprint density at radius 2 is 2.33 bits per heavy atom. The van der Waals surface area contributed by atoms with E-state index in [0.717, 1.165) is 0 Å². The molecule has 0 atom stereocenters. The first-order valence-electron chi connectivity index (χ1n) is 4.23. The molecule has 0 radical (unpaired) electrons. The van der Waals surface area contributed by atoms with Crippen molar-refractivity contribution in [2.75, 3.05) is 7.11 Å². The van der Waals surface area contributed by atoms with Gasteiger partial charge in [-0.25, -0.2) is 5.84 Å². The third-order valence-corrected chi connectivity index (χ3v) is 1.81. The topological polar surface area (TPSA) is 84.6 Å². The molecule has 0 spiro atoms. The van der Waals surface area contributed by atoms with Crippen molar-refractivity contribution in [3.8, 4) is 11.5 Å². The fraction of sp³-hybridized carbons (Fsp3) is 0.100. The van der Waals surface area contributed by atoms with Gasteiger partial charge in [0.25, 0.3) is 5.91 Å². The summed E-state index contributed by atoms with van der Waals surface area (Å²) in [6.45, 7) is 0. The lowest BCUT2D eigenvalue weighted by molar-refractivity contribution is -0.116. The number of hydrazine groups is 1. The van der Waals surface area contributed by atoms with Crippen molar-refractivity contribution >= 4 is 12.0 Å². The van der Waals surface area contributed by atoms with Gasteiger partial charge >= 0.3 is 0 Å². The smallest absolute Gasteiger partial charge is 0.257 e. The van der Waals surface area contributed by atoms with E-state index in [-0.39, 0.29) is 5.75 Å². The van der Waals surface area contributed by atoms with Gasteiger partial charge in [-0.05, 0) is 12.1 Å². The van der Waals surface area contributed by atoms with Crippen LogP contribution < -0.4 is 16.0 Å². The van der Waals surface area contributed by atoms with Crippen LogP contribution in [-0.4, -0.2) is 18.1 Å². The van der Waals surface area contributed by atoms with Gasteiger partial charge in [0.15, 0.2) is 11.5 Å². The molecule has 80 valence electrons. The Balaban J connectivity index is 2.95. The normalized spacial score (nSPS) is 10.3. The molecular formula is C10H12N2O3. The Morgan fingerprint density at radius 3 is 2.93 bits per heavy atom. The van der Waals surface area contributed by atoms with E-state index in [2.05, 4.69) is 0 Å². The second-order valence-electron chi connectivity index (χ2n) is 2.74. The van der Waals surface area contributed by atoms with Gasteiger partial charge in [0.1, 0.15) is 0 Å². The predicted octanol–water partition coefficient (Wildman–Crippen LogP) is 0.404. The van der Waals surface area contributed by atoms with E-state index in [9.17, 15) is 9.90 Å². The summed E-state index contributed by atoms with van der Waals surface area (Å²) >= 11 is 0. The summed E-state index contributed by atoms with van der Waals surface area (Å²) < 4.78 is 4.91. The number of phenols is 1. The van der Waals surface area contributed by atoms with Crippen LogP contribution in [-0.2, 0) is 4.79 Å². The molecule has 0 aliphatic carbocycles. The summed E-state index contributed by atoms with van der Waals surface area (Å²) in [5, 5.41) is 9.64. The number of carbonyl (C=O) groups excluding carboxylic acids is 1. The average Bonchev–Trinajstić information content (AvgIpc) is 2.27. The van der Waals surface area contributed by atoms with Crippen LogP contribution in [0.1, 0.15) is 5.56 Å². The van der Waals surface area contributed by atoms with Crippen molar-refractivity contribution in [2.24, 2.45) is 5.84 Å². The molecule has 1 aromatic carbocycles. The Morgan fingerprint density at radius 1 is 1.60 bits per heavy atom. The lowest BCUT2D eigenvalue weighted by Crippen LogP contribution is -2.27. The number of para-hydroxylation sites is 1. The number of carbonyl (C=O) groups is 1. The van der Waals surface area contributed by atoms with Crippen LogP contribution in [0.3, 0.4) is 0 Å². The first kappa shape index (κ1) is 11.1. The zero-order chi connectivity index (χ0) is 11.3. The van der Waals surface area contributed by atoms with Crippen molar-refractivity contribution in [1.29, 1.82) is 0 Å². The van der Waals surface area contributed by atoms with Gasteiger partial charge in [0.2, 0.25) is 0 Å². The minimum absolute atomic E-state index is 0.0129. The first-order valence-corrected chi connectivity index (χ1v) is 4.23. The molecule has 5 nitrogen and oxygen atoms in total. The van der Waals surface area contributed by atoms with Crippen molar-refractivity contribution < 1.29 is 14.6 Å². The molecule has 0 aromatic heterocycles. The van der Waals surface area contributed by atoms with E-state index < -0.39 is 5.91 Å². The number of hydrogen-bond donors (Lipinski definition) is 3. The van der Waals surface area contributed by atoms with Crippen LogP contribution in [0, 0.1) is 0 Å². The van der Waals surface area contributed by atoms with Gasteiger partial charge < -0.3 is 9.84 Å². The number of amides is 1. The second-order valence-corrected chi connectivity index (χ2v) is 2.74. The molecular weight excluding hydrogens is 196 g/mol. The van der Waals surface area contributed by atoms with Crippen LogP contribution in [0.5, 0.6) is 11.5 Å². The zero-order valence-corrected chi connectivity index (χ0v) is 8.23. The van der Waals surface area contributed by atoms with Gasteiger partial charge in [-0.15, -0.1) is 0 Å². The van der Waals surface area contributed by atoms with Gasteiger partial charge in [-0.3, -0.25) is 10.2 Å². The standard InChI is InChI=1S/C10H12N2O3/c1-15-8-4-2-3-7(10(8)14)5-6-9(13)12-11/h2-6,14H,11H2,1H3,(H,12,13). The fourth-order valence-electron chi connectivity index (χ4n) is 1.05. The zero-order valence-electron chi connectivity index (χ0n) is 8.23. The summed E-state index contributed by atoms with van der Waals surface area (Å²) in [6, 6.07) is 4.98. The molecule has 1 aromatic rings. The van der Waals surface area contributed by atoms with Crippen molar-refractivity contribution in [3.05, 3.63) is 29.8 Å². The lowest BCUT2D eigenvalue weighted by atomic mass is 10.1. The number of hydrogen-bond acceptors (Lipinski definition) is 4. The summed E-state index contributed by atoms with van der Waals surface area (Å²) in [5.41, 5.74) is 2.43. The monoisotopic (exact) mass is 208 g/mol. The third kappa shape index (κ3) is 2.72. The Bertz CT molecular complexity index is 388. The van der Waals surface area contributed by atoms with E-state index in [0.29, 0.717) is 11.3 Å². The Labute approximate surface area is 87.1 Å². The van der Waals surface area contributed by atoms with E-state index in [1.807, 2.05) is 5.43 Å². The molecule has 0 heterocycles. The van der Waals surface area contributed by atoms with E-state index in [1.165, 1.54) is 19.3 Å². The minimum atomic E-state index is -0.447. The molecule has 0 saturated carbocycles. The molecule has 1 rings (SSSR count). The largest absolute Gasteiger partial charge is 0.504 e. The summed E-state index contributed by atoms with van der Waals surface area (Å²) in [6.07, 6.45) is 2.66. The Kier molecular flexibility index (Phi) is 3.70. The van der Waals surface area contributed by atoms with Gasteiger partial charge in [0.05, 0.1) is 7.11 Å². The average molecular weight is 208 g/mol. The number of rotatable bonds is 3. The predicted molar refractivity (Wildman–Crippen MR) is 56.0 cm³/mol. The SMILES string of the molecule is COc1cccc(C=CC(=O)NN)c1O. The number of nitrogens with two attached hydrogens (primary N) is 1. The second kappa shape index (κ2) is 5.02. The highest BCUT2D eigenvalue weighted by Gasteiger charge is 2.04. The number of benzene rings is 1. The van der Waals surface area contributed by atoms with Crippen molar-refractivity contribution in [2.45, 2.75) is 0 Å². The lowest BCUT2D eigenvalue weighted by Gasteiger charge is -2.04. The molecule has 15 heavy (non-hydrogen) atoms. The quantitative estimate of drug-likeness (QED) is 0.290. The Hall–Kier alpha value is -2.01. The number of ether oxygens (including phenoxy) is 1. The fourth-order valence-corrected chi connectivity index (χ4v) is 1.05. The van der Waals surface area contributed by atoms with Gasteiger partial charge in [0, 0.05) is 11.6 Å². The summed E-state index contributed by atoms with van der Waals surface area (Å²) in [7, 11) is 1.45. The molecule has 0 unspecified atom stereocenters. The molecule has 4 N–H and O–H groups in total. The maximum absolute atomic E-state index is 10.8. The molecule has 5 heteroatoms. The van der Waals surface area contributed by atoms with Crippen molar-refractivity contribution in [1.82, 2.24) is 5.43 Å². The van der Waals surface area contributed by atoms with Gasteiger partial charge in [-0.1, -0.05) is 12.1 Å². The van der Waals surface area contributed by atoms with Crippen molar-refractivity contribution in [3.63, 3.8) is 0 Å². The number of nitrogens with one attached hydrogen (secondary N) is 1. The molecule has 0 bridgehead atoms. The van der Waals surface area contributed by atoms with Crippen LogP contribution in [0.15, 0.2) is 24.3 Å². The maximum Gasteiger partial charge on any atom is 0.257 e. The molecule has 1 amide bonds. The molecule has 0 aliphatic heterocycles. The first-order chi connectivity index (χ1) is 7.19. The van der Waals surface area contributed by atoms with E-state index in [4.69, 9.17) is 10.6 Å². The third-order valence-electron chi connectivity index (χ3n) is 1.81.